The molecule has 0 saturated heterocycles. The van der Waals surface area contributed by atoms with Crippen molar-refractivity contribution in [2.75, 3.05) is 17.6 Å². The van der Waals surface area contributed by atoms with Gasteiger partial charge in [0.2, 0.25) is 18.0 Å². The lowest BCUT2D eigenvalue weighted by Crippen LogP contribution is -2.48. The average molecular weight is 694 g/mol. The van der Waals surface area contributed by atoms with E-state index in [9.17, 15) is 36.7 Å². The van der Waals surface area contributed by atoms with E-state index in [0.717, 1.165) is 30.9 Å². The van der Waals surface area contributed by atoms with Crippen LogP contribution in [0.4, 0.5) is 28.0 Å². The van der Waals surface area contributed by atoms with E-state index in [1.807, 2.05) is 0 Å². The third-order valence-corrected chi connectivity index (χ3v) is 8.33. The molecule has 0 bridgehead atoms. The van der Waals surface area contributed by atoms with Gasteiger partial charge in [-0.2, -0.15) is 13.2 Å². The summed E-state index contributed by atoms with van der Waals surface area (Å²) in [5, 5.41) is 7.46. The van der Waals surface area contributed by atoms with Crippen LogP contribution in [-0.4, -0.2) is 59.8 Å². The number of alkyl carbamates (subject to hydrolysis) is 1. The number of fused-ring (bicyclic) bond motifs is 1. The smallest absolute Gasteiger partial charge is 0.407 e. The molecule has 1 aliphatic heterocycles. The predicted octanol–water partition coefficient (Wildman–Crippen LogP) is 5.72. The Kier molecular flexibility index (Phi) is 12.1. The largest absolute Gasteiger partial charge is 0.444 e. The minimum atomic E-state index is -4.61. The van der Waals surface area contributed by atoms with Crippen LogP contribution in [0.3, 0.4) is 0 Å². The first-order valence-corrected chi connectivity index (χ1v) is 16.6. The molecule has 1 aliphatic carbocycles. The van der Waals surface area contributed by atoms with E-state index in [-0.39, 0.29) is 41.6 Å². The van der Waals surface area contributed by atoms with Gasteiger partial charge in [-0.15, -0.1) is 0 Å². The van der Waals surface area contributed by atoms with E-state index in [0.29, 0.717) is 5.56 Å². The van der Waals surface area contributed by atoms with Gasteiger partial charge in [0.1, 0.15) is 11.4 Å². The second-order valence-corrected chi connectivity index (χ2v) is 13.6. The number of anilines is 1. The molecule has 15 heteroatoms. The Morgan fingerprint density at radius 2 is 1.73 bits per heavy atom. The van der Waals surface area contributed by atoms with E-state index < -0.39 is 72.3 Å². The molecular weight excluding hydrogens is 654 g/mol. The average Bonchev–Trinajstić information content (AvgIpc) is 3.83. The highest BCUT2D eigenvalue weighted by atomic mass is 32.2. The third-order valence-electron chi connectivity index (χ3n) is 7.58. The Balaban J connectivity index is 1.54. The highest BCUT2D eigenvalue weighted by Crippen LogP contribution is 2.40. The maximum Gasteiger partial charge on any atom is 0.407 e. The van der Waals surface area contributed by atoms with Crippen molar-refractivity contribution in [3.05, 3.63) is 65.5 Å². The van der Waals surface area contributed by atoms with Gasteiger partial charge in [-0.3, -0.25) is 19.1 Å². The number of benzodiazepines with no additional fused rings is 1. The Hall–Kier alpha value is -4.14. The lowest BCUT2D eigenvalue weighted by Gasteiger charge is -2.27. The van der Waals surface area contributed by atoms with Gasteiger partial charge in [-0.05, 0) is 57.5 Å². The minimum Gasteiger partial charge on any atom is -0.444 e. The molecule has 2 aliphatic rings. The first kappa shape index (κ1) is 36.7. The number of benzene rings is 2. The summed E-state index contributed by atoms with van der Waals surface area (Å²) in [6.07, 6.45) is -7.22. The summed E-state index contributed by atoms with van der Waals surface area (Å²) in [6.45, 7) is 5.26. The zero-order valence-electron chi connectivity index (χ0n) is 26.8. The molecule has 0 unspecified atom stereocenters. The van der Waals surface area contributed by atoms with Gasteiger partial charge in [-0.1, -0.05) is 55.3 Å². The molecule has 4 amide bonds. The standard InChI is InChI=1S/C33H39F4N5O5S/c1-32(2,3)47-31(46)38-16-17-48-42-29(44)23(18-19-12-13-19)21(14-15-33(35,36)37)28(43)41-27-30(45)40-26-22(10-7-11-24(26)34)25(39-27)20-8-5-4-6-9-20/h4-11,19,21,23,27H,12-18H2,1-3H3,(H,38,46)(H,40,45)(H,41,43)(H,42,44)/t21-,23+,27-/m1/s1. The van der Waals surface area contributed by atoms with E-state index in [2.05, 4.69) is 25.7 Å². The van der Waals surface area contributed by atoms with Crippen molar-refractivity contribution in [3.63, 3.8) is 0 Å². The van der Waals surface area contributed by atoms with Crippen molar-refractivity contribution >= 4 is 47.2 Å². The number of nitrogens with zero attached hydrogens (tertiary/aromatic N) is 1. The number of rotatable bonds is 13. The molecule has 4 N–H and O–H groups in total. The molecule has 0 aromatic heterocycles. The van der Waals surface area contributed by atoms with Crippen LogP contribution in [0.2, 0.25) is 0 Å². The van der Waals surface area contributed by atoms with Crippen molar-refractivity contribution in [3.8, 4) is 0 Å². The molecule has 1 saturated carbocycles. The first-order chi connectivity index (χ1) is 22.6. The number of hydrogen-bond acceptors (Lipinski definition) is 7. The topological polar surface area (TPSA) is 138 Å². The molecule has 1 fully saturated rings. The van der Waals surface area contributed by atoms with Crippen LogP contribution in [0, 0.1) is 23.6 Å². The van der Waals surface area contributed by atoms with Gasteiger partial charge in [0.05, 0.1) is 17.3 Å². The number of para-hydroxylation sites is 1. The highest BCUT2D eigenvalue weighted by Gasteiger charge is 2.42. The molecule has 4 rings (SSSR count). The highest BCUT2D eigenvalue weighted by molar-refractivity contribution is 7.97. The zero-order valence-corrected chi connectivity index (χ0v) is 27.6. The number of nitrogens with one attached hydrogen (secondary N) is 4. The summed E-state index contributed by atoms with van der Waals surface area (Å²) < 4.78 is 63.1. The Bertz CT molecular complexity index is 1510. The van der Waals surface area contributed by atoms with Crippen LogP contribution >= 0.6 is 11.9 Å². The molecule has 0 spiro atoms. The molecule has 10 nitrogen and oxygen atoms in total. The first-order valence-electron chi connectivity index (χ1n) is 15.6. The number of alkyl halides is 3. The summed E-state index contributed by atoms with van der Waals surface area (Å²) in [5.74, 6) is -5.56. The second-order valence-electron chi connectivity index (χ2n) is 12.7. The Labute approximate surface area is 280 Å². The van der Waals surface area contributed by atoms with Crippen LogP contribution in [0.25, 0.3) is 0 Å². The maximum absolute atomic E-state index is 14.9. The molecule has 2 aromatic carbocycles. The van der Waals surface area contributed by atoms with Crippen LogP contribution in [0.15, 0.2) is 53.5 Å². The van der Waals surface area contributed by atoms with Gasteiger partial charge < -0.3 is 20.7 Å². The maximum atomic E-state index is 14.9. The van der Waals surface area contributed by atoms with Crippen molar-refractivity contribution in [1.29, 1.82) is 0 Å². The van der Waals surface area contributed by atoms with Crippen LogP contribution in [0.5, 0.6) is 0 Å². The van der Waals surface area contributed by atoms with Gasteiger partial charge in [-0.25, -0.2) is 14.2 Å². The zero-order chi connectivity index (χ0) is 35.1. The number of amides is 4. The predicted molar refractivity (Wildman–Crippen MR) is 173 cm³/mol. The van der Waals surface area contributed by atoms with Crippen LogP contribution < -0.4 is 20.7 Å². The Morgan fingerprint density at radius 1 is 1.02 bits per heavy atom. The number of ether oxygens (including phenoxy) is 1. The van der Waals surface area contributed by atoms with Crippen molar-refractivity contribution in [2.24, 2.45) is 22.7 Å². The fourth-order valence-electron chi connectivity index (χ4n) is 5.18. The van der Waals surface area contributed by atoms with E-state index in [1.165, 1.54) is 6.07 Å². The van der Waals surface area contributed by atoms with E-state index in [4.69, 9.17) is 4.74 Å². The van der Waals surface area contributed by atoms with Gasteiger partial charge >= 0.3 is 12.3 Å². The summed E-state index contributed by atoms with van der Waals surface area (Å²) in [5.41, 5.74) is 0.102. The number of carbonyl (C=O) groups excluding carboxylic acids is 4. The molecule has 1 heterocycles. The molecule has 48 heavy (non-hydrogen) atoms. The van der Waals surface area contributed by atoms with Crippen molar-refractivity contribution in [1.82, 2.24) is 15.4 Å². The normalized spacial score (nSPS) is 17.5. The minimum absolute atomic E-state index is 0.0575. The summed E-state index contributed by atoms with van der Waals surface area (Å²) in [4.78, 5) is 56.9. The lowest BCUT2D eigenvalue weighted by molar-refractivity contribution is -0.147. The van der Waals surface area contributed by atoms with Crippen LogP contribution in [-0.2, 0) is 19.1 Å². The number of carbonyl (C=O) groups is 4. The molecule has 260 valence electrons. The summed E-state index contributed by atoms with van der Waals surface area (Å²) in [7, 11) is 0. The fourth-order valence-corrected chi connectivity index (χ4v) is 5.78. The van der Waals surface area contributed by atoms with Gasteiger partial charge in [0, 0.05) is 35.8 Å². The number of halogens is 4. The monoisotopic (exact) mass is 693 g/mol. The van der Waals surface area contributed by atoms with Gasteiger partial charge in [0.15, 0.2) is 0 Å². The summed E-state index contributed by atoms with van der Waals surface area (Å²) in [6, 6.07) is 12.7. The Morgan fingerprint density at radius 3 is 2.38 bits per heavy atom. The SMILES string of the molecule is CC(C)(C)OC(=O)NCCSNC(=O)[C@@H](CC1CC1)[C@@H](CCC(F)(F)F)C(=O)N[C@H]1N=C(c2ccccc2)c2cccc(F)c2NC1=O. The molecular formula is C33H39F4N5O5S. The quantitative estimate of drug-likeness (QED) is 0.120. The van der Waals surface area contributed by atoms with E-state index in [1.54, 1.807) is 57.2 Å². The van der Waals surface area contributed by atoms with Crippen molar-refractivity contribution < 1.29 is 41.5 Å². The van der Waals surface area contributed by atoms with E-state index >= 15 is 0 Å². The summed E-state index contributed by atoms with van der Waals surface area (Å²) >= 11 is 0.936. The number of hydrogen-bond donors (Lipinski definition) is 4. The third kappa shape index (κ3) is 11.0. The van der Waals surface area contributed by atoms with Crippen LogP contribution in [0.1, 0.15) is 64.0 Å². The lowest BCUT2D eigenvalue weighted by atomic mass is 9.83. The fraction of sp³-hybridized carbons (Fsp3) is 0.485. The second kappa shape index (κ2) is 15.8. The molecule has 3 atom stereocenters. The van der Waals surface area contributed by atoms with Crippen molar-refractivity contribution in [2.45, 2.75) is 70.8 Å². The molecule has 2 aromatic rings. The van der Waals surface area contributed by atoms with Gasteiger partial charge in [0.25, 0.3) is 5.91 Å². The molecule has 0 radical (unpaired) electrons. The number of aliphatic imine (C=N–C) groups is 1.